The van der Waals surface area contributed by atoms with E-state index in [0.29, 0.717) is 27.1 Å². The lowest BCUT2D eigenvalue weighted by atomic mass is 10.1. The van der Waals surface area contributed by atoms with Gasteiger partial charge in [-0.1, -0.05) is 6.07 Å². The molecule has 2 heterocycles. The molecule has 2 aromatic heterocycles. The Hall–Kier alpha value is -2.80. The van der Waals surface area contributed by atoms with Gasteiger partial charge in [0.25, 0.3) is 11.5 Å². The first-order valence-electron chi connectivity index (χ1n) is 6.93. The number of hydrogen-bond donors (Lipinski definition) is 2. The SMILES string of the molecule is Cc1ccc(NC(=O)c2ccc3c(=O)n(C)c(=S)[nH]c3c2)nc1. The van der Waals surface area contributed by atoms with Crippen molar-refractivity contribution in [2.45, 2.75) is 6.92 Å². The van der Waals surface area contributed by atoms with Crippen LogP contribution in [0.3, 0.4) is 0 Å². The van der Waals surface area contributed by atoms with E-state index in [1.54, 1.807) is 37.5 Å². The molecule has 3 rings (SSSR count). The first kappa shape index (κ1) is 15.1. The summed E-state index contributed by atoms with van der Waals surface area (Å²) in [5, 5.41) is 3.20. The molecule has 1 amide bonds. The molecule has 2 N–H and O–H groups in total. The van der Waals surface area contributed by atoms with Gasteiger partial charge in [-0.3, -0.25) is 14.2 Å². The Morgan fingerprint density at radius 2 is 2.09 bits per heavy atom. The van der Waals surface area contributed by atoms with Crippen LogP contribution in [0.4, 0.5) is 5.82 Å². The molecule has 0 fully saturated rings. The van der Waals surface area contributed by atoms with Crippen LogP contribution in [0, 0.1) is 11.7 Å². The van der Waals surface area contributed by atoms with Crippen molar-refractivity contribution in [1.29, 1.82) is 0 Å². The lowest BCUT2D eigenvalue weighted by Gasteiger charge is -2.07. The van der Waals surface area contributed by atoms with Crippen molar-refractivity contribution in [3.8, 4) is 0 Å². The fraction of sp³-hybridized carbons (Fsp3) is 0.125. The second kappa shape index (κ2) is 5.77. The first-order valence-corrected chi connectivity index (χ1v) is 7.33. The van der Waals surface area contributed by atoms with Gasteiger partial charge in [0, 0.05) is 18.8 Å². The standard InChI is InChI=1S/C16H14N4O2S/c1-9-3-6-13(17-8-9)19-14(21)10-4-5-11-12(7-10)18-16(23)20(2)15(11)22/h3-8H,1-2H3,(H,18,23)(H,17,19,21). The quantitative estimate of drug-likeness (QED) is 0.709. The number of fused-ring (bicyclic) bond motifs is 1. The number of hydrogen-bond acceptors (Lipinski definition) is 4. The van der Waals surface area contributed by atoms with E-state index in [1.165, 1.54) is 4.57 Å². The van der Waals surface area contributed by atoms with Gasteiger partial charge in [-0.25, -0.2) is 4.98 Å². The van der Waals surface area contributed by atoms with Crippen molar-refractivity contribution in [2.75, 3.05) is 5.32 Å². The summed E-state index contributed by atoms with van der Waals surface area (Å²) in [6, 6.07) is 8.42. The number of rotatable bonds is 2. The van der Waals surface area contributed by atoms with Crippen molar-refractivity contribution < 1.29 is 4.79 Å². The molecular weight excluding hydrogens is 312 g/mol. The van der Waals surface area contributed by atoms with Crippen LogP contribution in [0.5, 0.6) is 0 Å². The summed E-state index contributed by atoms with van der Waals surface area (Å²) < 4.78 is 1.66. The fourth-order valence-corrected chi connectivity index (χ4v) is 2.37. The third-order valence-electron chi connectivity index (χ3n) is 3.52. The fourth-order valence-electron chi connectivity index (χ4n) is 2.18. The number of aromatic amines is 1. The minimum absolute atomic E-state index is 0.198. The maximum Gasteiger partial charge on any atom is 0.261 e. The van der Waals surface area contributed by atoms with E-state index in [0.717, 1.165) is 5.56 Å². The highest BCUT2D eigenvalue weighted by Gasteiger charge is 2.10. The number of carbonyl (C=O) groups is 1. The van der Waals surface area contributed by atoms with Crippen LogP contribution in [-0.2, 0) is 7.05 Å². The van der Waals surface area contributed by atoms with Crippen LogP contribution >= 0.6 is 12.2 Å². The van der Waals surface area contributed by atoms with Gasteiger partial charge in [-0.05, 0) is 49.0 Å². The minimum Gasteiger partial charge on any atom is -0.332 e. The number of carbonyl (C=O) groups excluding carboxylic acids is 1. The Bertz CT molecular complexity index is 1020. The summed E-state index contributed by atoms with van der Waals surface area (Å²) in [4.78, 5) is 31.5. The van der Waals surface area contributed by atoms with Crippen molar-refractivity contribution >= 4 is 34.8 Å². The van der Waals surface area contributed by atoms with Gasteiger partial charge in [0.2, 0.25) is 0 Å². The Balaban J connectivity index is 1.98. The number of anilines is 1. The molecule has 0 aliphatic rings. The molecule has 1 aromatic carbocycles. The molecule has 0 aliphatic carbocycles. The Kier molecular flexibility index (Phi) is 3.79. The van der Waals surface area contributed by atoms with Crippen molar-refractivity contribution in [2.24, 2.45) is 7.05 Å². The van der Waals surface area contributed by atoms with Crippen LogP contribution in [0.1, 0.15) is 15.9 Å². The molecule has 0 saturated carbocycles. The average Bonchev–Trinajstić information content (AvgIpc) is 2.54. The third kappa shape index (κ3) is 2.91. The van der Waals surface area contributed by atoms with E-state index in [-0.39, 0.29) is 11.5 Å². The monoisotopic (exact) mass is 326 g/mol. The number of H-pyrrole nitrogens is 1. The van der Waals surface area contributed by atoms with Crippen LogP contribution in [0.25, 0.3) is 10.9 Å². The number of benzene rings is 1. The summed E-state index contributed by atoms with van der Waals surface area (Å²) in [6.07, 6.45) is 1.68. The molecule has 6 nitrogen and oxygen atoms in total. The van der Waals surface area contributed by atoms with E-state index in [1.807, 2.05) is 13.0 Å². The second-order valence-electron chi connectivity index (χ2n) is 5.23. The number of nitrogens with zero attached hydrogens (tertiary/aromatic N) is 2. The highest BCUT2D eigenvalue weighted by atomic mass is 32.1. The molecule has 0 atom stereocenters. The third-order valence-corrected chi connectivity index (χ3v) is 3.89. The molecule has 0 radical (unpaired) electrons. The summed E-state index contributed by atoms with van der Waals surface area (Å²) in [7, 11) is 1.60. The van der Waals surface area contributed by atoms with Gasteiger partial charge < -0.3 is 10.3 Å². The molecule has 0 saturated heterocycles. The van der Waals surface area contributed by atoms with Crippen LogP contribution in [-0.4, -0.2) is 20.4 Å². The normalized spacial score (nSPS) is 10.7. The number of nitrogens with one attached hydrogen (secondary N) is 2. The zero-order valence-electron chi connectivity index (χ0n) is 12.6. The topological polar surface area (TPSA) is 79.8 Å². The molecule has 7 heteroatoms. The Morgan fingerprint density at radius 1 is 1.30 bits per heavy atom. The zero-order chi connectivity index (χ0) is 16.6. The maximum atomic E-state index is 12.3. The van der Waals surface area contributed by atoms with Gasteiger partial charge in [0.15, 0.2) is 4.77 Å². The highest BCUT2D eigenvalue weighted by Crippen LogP contribution is 2.12. The molecule has 0 aliphatic heterocycles. The Labute approximate surface area is 136 Å². The predicted molar refractivity (Wildman–Crippen MR) is 91.3 cm³/mol. The lowest BCUT2D eigenvalue weighted by molar-refractivity contribution is 0.102. The minimum atomic E-state index is -0.303. The number of pyridine rings is 1. The number of aromatic nitrogens is 3. The summed E-state index contributed by atoms with van der Waals surface area (Å²) in [6.45, 7) is 1.92. The molecule has 23 heavy (non-hydrogen) atoms. The van der Waals surface area contributed by atoms with Crippen LogP contribution < -0.4 is 10.9 Å². The number of aryl methyl sites for hydroxylation is 1. The van der Waals surface area contributed by atoms with Crippen molar-refractivity contribution in [1.82, 2.24) is 14.5 Å². The molecule has 0 bridgehead atoms. The molecular formula is C16H14N4O2S. The summed E-state index contributed by atoms with van der Waals surface area (Å²) >= 11 is 5.09. The largest absolute Gasteiger partial charge is 0.332 e. The van der Waals surface area contributed by atoms with Crippen molar-refractivity contribution in [3.05, 3.63) is 62.8 Å². The average molecular weight is 326 g/mol. The van der Waals surface area contributed by atoms with Crippen molar-refractivity contribution in [3.63, 3.8) is 0 Å². The predicted octanol–water partition coefficient (Wildman–Crippen LogP) is 2.55. The smallest absolute Gasteiger partial charge is 0.261 e. The van der Waals surface area contributed by atoms with Gasteiger partial charge in [-0.15, -0.1) is 0 Å². The van der Waals surface area contributed by atoms with Gasteiger partial charge >= 0.3 is 0 Å². The molecule has 3 aromatic rings. The van der Waals surface area contributed by atoms with E-state index < -0.39 is 0 Å². The molecule has 116 valence electrons. The Morgan fingerprint density at radius 3 is 2.78 bits per heavy atom. The van der Waals surface area contributed by atoms with Crippen LogP contribution in [0.2, 0.25) is 0 Å². The second-order valence-corrected chi connectivity index (χ2v) is 5.62. The van der Waals surface area contributed by atoms with E-state index in [4.69, 9.17) is 12.2 Å². The van der Waals surface area contributed by atoms with Gasteiger partial charge in [0.05, 0.1) is 10.9 Å². The highest BCUT2D eigenvalue weighted by molar-refractivity contribution is 7.71. The maximum absolute atomic E-state index is 12.3. The van der Waals surface area contributed by atoms with E-state index >= 15 is 0 Å². The molecule has 0 spiro atoms. The van der Waals surface area contributed by atoms with Gasteiger partial charge in [0.1, 0.15) is 5.82 Å². The van der Waals surface area contributed by atoms with E-state index in [9.17, 15) is 9.59 Å². The van der Waals surface area contributed by atoms with Gasteiger partial charge in [-0.2, -0.15) is 0 Å². The summed E-state index contributed by atoms with van der Waals surface area (Å²) in [5.41, 5.74) is 1.76. The summed E-state index contributed by atoms with van der Waals surface area (Å²) in [5.74, 6) is 0.167. The van der Waals surface area contributed by atoms with E-state index in [2.05, 4.69) is 15.3 Å². The lowest BCUT2D eigenvalue weighted by Crippen LogP contribution is -2.19. The zero-order valence-corrected chi connectivity index (χ0v) is 13.4. The number of amides is 1. The van der Waals surface area contributed by atoms with Crippen LogP contribution in [0.15, 0.2) is 41.3 Å². The first-order chi connectivity index (χ1) is 11.0. The molecule has 0 unspecified atom stereocenters.